The Morgan fingerprint density at radius 2 is 2.04 bits per heavy atom. The molecule has 2 saturated heterocycles. The van der Waals surface area contributed by atoms with Crippen molar-refractivity contribution < 1.29 is 19.1 Å². The summed E-state index contributed by atoms with van der Waals surface area (Å²) in [4.78, 5) is 26.8. The van der Waals surface area contributed by atoms with Gasteiger partial charge < -0.3 is 19.7 Å². The minimum Gasteiger partial charge on any atom is -0.493 e. The van der Waals surface area contributed by atoms with E-state index in [2.05, 4.69) is 5.32 Å². The van der Waals surface area contributed by atoms with Gasteiger partial charge in [0.25, 0.3) is 0 Å². The van der Waals surface area contributed by atoms with Crippen LogP contribution in [0, 0.1) is 0 Å². The van der Waals surface area contributed by atoms with E-state index < -0.39 is 5.54 Å². The maximum atomic E-state index is 13.0. The van der Waals surface area contributed by atoms with Crippen molar-refractivity contribution >= 4 is 23.6 Å². The lowest BCUT2D eigenvalue weighted by Gasteiger charge is -2.49. The average Bonchev–Trinajstić information content (AvgIpc) is 2.64. The van der Waals surface area contributed by atoms with Gasteiger partial charge in [-0.1, -0.05) is 12.1 Å². The Labute approximate surface area is 152 Å². The Morgan fingerprint density at radius 3 is 2.60 bits per heavy atom. The third kappa shape index (κ3) is 3.29. The van der Waals surface area contributed by atoms with Gasteiger partial charge in [-0.05, 0) is 30.4 Å². The summed E-state index contributed by atoms with van der Waals surface area (Å²) < 4.78 is 10.7. The molecule has 0 radical (unpaired) electrons. The zero-order valence-electron chi connectivity index (χ0n) is 14.7. The molecule has 2 fully saturated rings. The van der Waals surface area contributed by atoms with Gasteiger partial charge in [0.15, 0.2) is 11.5 Å². The Balaban J connectivity index is 1.75. The standard InChI is InChI=1S/C18H24N2O4S/c1-23-14-5-3-4-13(16(14)24-2)12-19-17(22)18(7-10-25-11-8-18)20-9-6-15(20)21/h3-5H,6-12H2,1-2H3,(H,19,22). The van der Waals surface area contributed by atoms with E-state index in [0.29, 0.717) is 43.9 Å². The van der Waals surface area contributed by atoms with Crippen LogP contribution in [0.25, 0.3) is 0 Å². The second-order valence-electron chi connectivity index (χ2n) is 6.27. The molecule has 136 valence electrons. The largest absolute Gasteiger partial charge is 0.493 e. The van der Waals surface area contributed by atoms with Crippen molar-refractivity contribution in [3.05, 3.63) is 23.8 Å². The topological polar surface area (TPSA) is 67.9 Å². The highest BCUT2D eigenvalue weighted by atomic mass is 32.2. The van der Waals surface area contributed by atoms with Gasteiger partial charge in [0, 0.05) is 25.1 Å². The molecular formula is C18H24N2O4S. The smallest absolute Gasteiger partial charge is 0.246 e. The molecule has 2 aliphatic heterocycles. The van der Waals surface area contributed by atoms with Crippen molar-refractivity contribution in [2.45, 2.75) is 31.3 Å². The van der Waals surface area contributed by atoms with E-state index >= 15 is 0 Å². The zero-order valence-corrected chi connectivity index (χ0v) is 15.5. The molecule has 0 aromatic heterocycles. The molecule has 0 saturated carbocycles. The van der Waals surface area contributed by atoms with Gasteiger partial charge in [-0.2, -0.15) is 11.8 Å². The maximum Gasteiger partial charge on any atom is 0.246 e. The van der Waals surface area contributed by atoms with Crippen molar-refractivity contribution in [1.29, 1.82) is 0 Å². The first-order chi connectivity index (χ1) is 12.1. The molecule has 25 heavy (non-hydrogen) atoms. The van der Waals surface area contributed by atoms with Crippen molar-refractivity contribution in [3.8, 4) is 11.5 Å². The molecule has 7 heteroatoms. The monoisotopic (exact) mass is 364 g/mol. The summed E-state index contributed by atoms with van der Waals surface area (Å²) in [6, 6.07) is 5.59. The Hall–Kier alpha value is -1.89. The number of rotatable bonds is 6. The molecule has 1 aromatic carbocycles. The third-order valence-corrected chi connectivity index (χ3v) is 6.02. The van der Waals surface area contributed by atoms with Gasteiger partial charge >= 0.3 is 0 Å². The lowest BCUT2D eigenvalue weighted by atomic mass is 9.85. The van der Waals surface area contributed by atoms with E-state index in [0.717, 1.165) is 17.1 Å². The predicted octanol–water partition coefficient (Wildman–Crippen LogP) is 1.82. The van der Waals surface area contributed by atoms with Crippen molar-refractivity contribution in [3.63, 3.8) is 0 Å². The van der Waals surface area contributed by atoms with Crippen LogP contribution in [0.2, 0.25) is 0 Å². The van der Waals surface area contributed by atoms with Crippen LogP contribution in [0.1, 0.15) is 24.8 Å². The van der Waals surface area contributed by atoms with E-state index in [-0.39, 0.29) is 11.8 Å². The van der Waals surface area contributed by atoms with Crippen LogP contribution in [-0.4, -0.2) is 54.5 Å². The number of para-hydroxylation sites is 1. The SMILES string of the molecule is COc1cccc(CNC(=O)C2(N3CCC3=O)CCSCC2)c1OC. The van der Waals surface area contributed by atoms with Crippen molar-refractivity contribution in [1.82, 2.24) is 10.2 Å². The fourth-order valence-electron chi connectivity index (χ4n) is 3.53. The summed E-state index contributed by atoms with van der Waals surface area (Å²) in [6.07, 6.45) is 1.97. The number of ether oxygens (including phenoxy) is 2. The van der Waals surface area contributed by atoms with Crippen LogP contribution in [0.15, 0.2) is 18.2 Å². The molecule has 2 aliphatic rings. The summed E-state index contributed by atoms with van der Waals surface area (Å²) in [7, 11) is 3.17. The summed E-state index contributed by atoms with van der Waals surface area (Å²) in [5, 5.41) is 3.03. The predicted molar refractivity (Wildman–Crippen MR) is 97.0 cm³/mol. The van der Waals surface area contributed by atoms with Crippen LogP contribution in [-0.2, 0) is 16.1 Å². The van der Waals surface area contributed by atoms with Crippen LogP contribution in [0.5, 0.6) is 11.5 Å². The molecule has 1 N–H and O–H groups in total. The molecule has 1 aromatic rings. The third-order valence-electron chi connectivity index (χ3n) is 5.03. The van der Waals surface area contributed by atoms with Gasteiger partial charge in [-0.3, -0.25) is 9.59 Å². The normalized spacial score (nSPS) is 19.1. The van der Waals surface area contributed by atoms with Gasteiger partial charge in [-0.25, -0.2) is 0 Å². The molecule has 0 spiro atoms. The summed E-state index contributed by atoms with van der Waals surface area (Å²) in [5.41, 5.74) is 0.164. The summed E-state index contributed by atoms with van der Waals surface area (Å²) >= 11 is 1.84. The number of methoxy groups -OCH3 is 2. The van der Waals surface area contributed by atoms with Crippen LogP contribution < -0.4 is 14.8 Å². The number of β-lactam (4-membered cyclic amide) rings is 1. The number of carbonyl (C=O) groups is 2. The van der Waals surface area contributed by atoms with Crippen molar-refractivity contribution in [2.24, 2.45) is 0 Å². The summed E-state index contributed by atoms with van der Waals surface area (Å²) in [6.45, 7) is 1.02. The number of hydrogen-bond acceptors (Lipinski definition) is 5. The molecule has 3 rings (SSSR count). The minimum absolute atomic E-state index is 0.0641. The Bertz CT molecular complexity index is 658. The van der Waals surface area contributed by atoms with E-state index in [9.17, 15) is 9.59 Å². The second kappa shape index (κ2) is 7.56. The highest BCUT2D eigenvalue weighted by molar-refractivity contribution is 7.99. The Morgan fingerprint density at radius 1 is 1.28 bits per heavy atom. The minimum atomic E-state index is -0.688. The van der Waals surface area contributed by atoms with Gasteiger partial charge in [0.05, 0.1) is 14.2 Å². The number of likely N-dealkylation sites (tertiary alicyclic amines) is 1. The maximum absolute atomic E-state index is 13.0. The number of carbonyl (C=O) groups excluding carboxylic acids is 2. The second-order valence-corrected chi connectivity index (χ2v) is 7.50. The fourth-order valence-corrected chi connectivity index (χ4v) is 4.70. The molecule has 0 aliphatic carbocycles. The molecule has 0 bridgehead atoms. The number of benzene rings is 1. The highest BCUT2D eigenvalue weighted by Crippen LogP contribution is 2.37. The zero-order chi connectivity index (χ0) is 17.9. The number of amides is 2. The first kappa shape index (κ1) is 17.9. The number of nitrogens with one attached hydrogen (secondary N) is 1. The fraction of sp³-hybridized carbons (Fsp3) is 0.556. The molecule has 0 unspecified atom stereocenters. The van der Waals surface area contributed by atoms with E-state index in [1.54, 1.807) is 19.1 Å². The quantitative estimate of drug-likeness (QED) is 0.780. The Kier molecular flexibility index (Phi) is 5.42. The van der Waals surface area contributed by atoms with E-state index in [1.165, 1.54) is 0 Å². The number of hydrogen-bond donors (Lipinski definition) is 1. The van der Waals surface area contributed by atoms with Crippen LogP contribution in [0.4, 0.5) is 0 Å². The van der Waals surface area contributed by atoms with Gasteiger partial charge in [0.2, 0.25) is 11.8 Å². The molecule has 2 heterocycles. The van der Waals surface area contributed by atoms with Crippen molar-refractivity contribution in [2.75, 3.05) is 32.3 Å². The van der Waals surface area contributed by atoms with E-state index in [1.807, 2.05) is 30.0 Å². The van der Waals surface area contributed by atoms with E-state index in [4.69, 9.17) is 9.47 Å². The van der Waals surface area contributed by atoms with Crippen LogP contribution in [0.3, 0.4) is 0 Å². The first-order valence-corrected chi connectivity index (χ1v) is 9.64. The van der Waals surface area contributed by atoms with Gasteiger partial charge in [-0.15, -0.1) is 0 Å². The average molecular weight is 364 g/mol. The lowest BCUT2D eigenvalue weighted by molar-refractivity contribution is -0.157. The number of nitrogens with zero attached hydrogens (tertiary/aromatic N) is 1. The molecular weight excluding hydrogens is 340 g/mol. The van der Waals surface area contributed by atoms with Crippen LogP contribution >= 0.6 is 11.8 Å². The molecule has 6 nitrogen and oxygen atoms in total. The lowest BCUT2D eigenvalue weighted by Crippen LogP contribution is -2.66. The molecule has 0 atom stereocenters. The molecule has 2 amide bonds. The number of thioether (sulfide) groups is 1. The van der Waals surface area contributed by atoms with Gasteiger partial charge in [0.1, 0.15) is 5.54 Å². The summed E-state index contributed by atoms with van der Waals surface area (Å²) in [5.74, 6) is 3.08. The first-order valence-electron chi connectivity index (χ1n) is 8.49. The highest BCUT2D eigenvalue weighted by Gasteiger charge is 2.49.